The first-order chi connectivity index (χ1) is 12.9. The van der Waals surface area contributed by atoms with Crippen molar-refractivity contribution in [1.29, 1.82) is 0 Å². The Hall–Kier alpha value is -2.57. The van der Waals surface area contributed by atoms with E-state index in [4.69, 9.17) is 0 Å². The monoisotopic (exact) mass is 428 g/mol. The van der Waals surface area contributed by atoms with E-state index >= 15 is 0 Å². The summed E-state index contributed by atoms with van der Waals surface area (Å²) in [5.41, 5.74) is -0.125. The molecule has 0 fully saturated rings. The lowest BCUT2D eigenvalue weighted by atomic mass is 9.85. The fourth-order valence-corrected chi connectivity index (χ4v) is 3.90. The minimum Gasteiger partial charge on any atom is -0.373 e. The molecule has 6 heteroatoms. The third-order valence-corrected chi connectivity index (χ3v) is 5.07. The Morgan fingerprint density at radius 1 is 0.963 bits per heavy atom. The minimum atomic E-state index is -2.12. The minimum absolute atomic E-state index is 0.0499. The van der Waals surface area contributed by atoms with Gasteiger partial charge in [0.15, 0.2) is 5.60 Å². The molecule has 27 heavy (non-hydrogen) atoms. The third kappa shape index (κ3) is 2.85. The standard InChI is InChI=1S/C21H15BrF2N2O/c1-12-10-13(22)11-18-19(12)26-20(25-18)21(27,14-6-2-4-8-16(14)23)15-7-3-5-9-17(15)24/h2-11,27H,1H3,(H,25,26). The summed E-state index contributed by atoms with van der Waals surface area (Å²) in [6.07, 6.45) is 0. The number of fused-ring (bicyclic) bond motifs is 1. The molecule has 0 saturated carbocycles. The molecule has 1 heterocycles. The second-order valence-corrected chi connectivity index (χ2v) is 7.29. The summed E-state index contributed by atoms with van der Waals surface area (Å²) in [5.74, 6) is -1.25. The number of nitrogens with zero attached hydrogens (tertiary/aromatic N) is 1. The molecule has 0 radical (unpaired) electrons. The van der Waals surface area contributed by atoms with Crippen LogP contribution in [0.4, 0.5) is 8.78 Å². The van der Waals surface area contributed by atoms with Gasteiger partial charge in [0.1, 0.15) is 17.5 Å². The number of aliphatic hydroxyl groups is 1. The Kier molecular flexibility index (Phi) is 4.32. The fourth-order valence-electron chi connectivity index (χ4n) is 3.33. The Morgan fingerprint density at radius 3 is 2.07 bits per heavy atom. The van der Waals surface area contributed by atoms with Crippen LogP contribution in [0.3, 0.4) is 0 Å². The van der Waals surface area contributed by atoms with Crippen molar-refractivity contribution < 1.29 is 13.9 Å². The Morgan fingerprint density at radius 2 is 1.52 bits per heavy atom. The lowest BCUT2D eigenvalue weighted by molar-refractivity contribution is 0.108. The number of imidazole rings is 1. The molecule has 136 valence electrons. The number of H-pyrrole nitrogens is 1. The second-order valence-electron chi connectivity index (χ2n) is 6.37. The van der Waals surface area contributed by atoms with Crippen LogP contribution in [0.15, 0.2) is 65.1 Å². The van der Waals surface area contributed by atoms with E-state index in [0.717, 1.165) is 10.0 Å². The summed E-state index contributed by atoms with van der Waals surface area (Å²) in [4.78, 5) is 7.55. The zero-order valence-corrected chi connectivity index (χ0v) is 15.9. The third-order valence-electron chi connectivity index (χ3n) is 4.61. The molecule has 4 aromatic rings. The number of hydrogen-bond donors (Lipinski definition) is 2. The van der Waals surface area contributed by atoms with E-state index in [1.54, 1.807) is 12.1 Å². The van der Waals surface area contributed by atoms with Crippen molar-refractivity contribution in [3.63, 3.8) is 0 Å². The van der Waals surface area contributed by atoms with Gasteiger partial charge in [-0.3, -0.25) is 0 Å². The number of aryl methyl sites for hydroxylation is 1. The van der Waals surface area contributed by atoms with Crippen LogP contribution in [0, 0.1) is 18.6 Å². The van der Waals surface area contributed by atoms with Crippen molar-refractivity contribution in [2.45, 2.75) is 12.5 Å². The molecule has 0 spiro atoms. The number of halogens is 3. The van der Waals surface area contributed by atoms with E-state index in [9.17, 15) is 13.9 Å². The molecule has 0 saturated heterocycles. The van der Waals surface area contributed by atoms with Gasteiger partial charge in [-0.1, -0.05) is 52.3 Å². The van der Waals surface area contributed by atoms with Gasteiger partial charge in [-0.2, -0.15) is 0 Å². The maximum atomic E-state index is 14.7. The predicted molar refractivity (Wildman–Crippen MR) is 103 cm³/mol. The van der Waals surface area contributed by atoms with Gasteiger partial charge in [0.2, 0.25) is 0 Å². The molecule has 1 aromatic heterocycles. The topological polar surface area (TPSA) is 48.9 Å². The first-order valence-corrected chi connectivity index (χ1v) is 9.09. The highest BCUT2D eigenvalue weighted by atomic mass is 79.9. The first kappa shape index (κ1) is 17.8. The van der Waals surface area contributed by atoms with Crippen LogP contribution in [0.5, 0.6) is 0 Å². The molecule has 2 N–H and O–H groups in total. The van der Waals surface area contributed by atoms with Crippen LogP contribution in [-0.2, 0) is 5.60 Å². The fraction of sp³-hybridized carbons (Fsp3) is 0.0952. The van der Waals surface area contributed by atoms with Crippen LogP contribution < -0.4 is 0 Å². The summed E-state index contributed by atoms with van der Waals surface area (Å²) in [6, 6.07) is 15.2. The maximum Gasteiger partial charge on any atom is 0.178 e. The highest BCUT2D eigenvalue weighted by Gasteiger charge is 2.41. The van der Waals surface area contributed by atoms with Crippen LogP contribution >= 0.6 is 15.9 Å². The summed E-state index contributed by atoms with van der Waals surface area (Å²) in [7, 11) is 0. The van der Waals surface area contributed by atoms with Crippen LogP contribution in [0.1, 0.15) is 22.5 Å². The van der Waals surface area contributed by atoms with Gasteiger partial charge < -0.3 is 10.1 Å². The summed E-state index contributed by atoms with van der Waals surface area (Å²) in [6.45, 7) is 1.88. The van der Waals surface area contributed by atoms with Crippen LogP contribution in [0.25, 0.3) is 11.0 Å². The zero-order chi connectivity index (χ0) is 19.2. The van der Waals surface area contributed by atoms with Gasteiger partial charge in [-0.15, -0.1) is 0 Å². The Balaban J connectivity index is 2.07. The maximum absolute atomic E-state index is 14.7. The Labute approximate surface area is 162 Å². The molecule has 0 aliphatic heterocycles. The van der Waals surface area contributed by atoms with Crippen molar-refractivity contribution in [3.05, 3.63) is 99.3 Å². The molecular formula is C21H15BrF2N2O. The number of aromatic amines is 1. The molecule has 0 atom stereocenters. The van der Waals surface area contributed by atoms with E-state index in [0.29, 0.717) is 11.0 Å². The van der Waals surface area contributed by atoms with Crippen LogP contribution in [0.2, 0.25) is 0 Å². The van der Waals surface area contributed by atoms with Gasteiger partial charge in [-0.05, 0) is 36.8 Å². The normalized spacial score (nSPS) is 11.9. The van der Waals surface area contributed by atoms with Gasteiger partial charge in [-0.25, -0.2) is 13.8 Å². The molecular weight excluding hydrogens is 414 g/mol. The van der Waals surface area contributed by atoms with Crippen molar-refractivity contribution in [3.8, 4) is 0 Å². The van der Waals surface area contributed by atoms with Gasteiger partial charge in [0.05, 0.1) is 11.0 Å². The summed E-state index contributed by atoms with van der Waals surface area (Å²) >= 11 is 3.43. The van der Waals surface area contributed by atoms with Crippen LogP contribution in [-0.4, -0.2) is 15.1 Å². The Bertz CT molecular complexity index is 1110. The molecule has 4 rings (SSSR count). The van der Waals surface area contributed by atoms with E-state index in [1.807, 2.05) is 19.1 Å². The van der Waals surface area contributed by atoms with Gasteiger partial charge in [0, 0.05) is 15.6 Å². The van der Waals surface area contributed by atoms with Crippen molar-refractivity contribution in [2.75, 3.05) is 0 Å². The number of hydrogen-bond acceptors (Lipinski definition) is 2. The largest absolute Gasteiger partial charge is 0.373 e. The van der Waals surface area contributed by atoms with E-state index in [1.165, 1.54) is 36.4 Å². The lowest BCUT2D eigenvalue weighted by Gasteiger charge is -2.28. The molecule has 0 aliphatic rings. The van der Waals surface area contributed by atoms with E-state index in [2.05, 4.69) is 25.9 Å². The second kappa shape index (κ2) is 6.55. The average Bonchev–Trinajstić information content (AvgIpc) is 3.07. The molecule has 3 aromatic carbocycles. The highest BCUT2D eigenvalue weighted by molar-refractivity contribution is 9.10. The van der Waals surface area contributed by atoms with Gasteiger partial charge >= 0.3 is 0 Å². The number of aromatic nitrogens is 2. The SMILES string of the molecule is Cc1cc(Br)cc2[nH]c(C(O)(c3ccccc3F)c3ccccc3F)nc12. The molecule has 0 amide bonds. The van der Waals surface area contributed by atoms with Crippen molar-refractivity contribution in [1.82, 2.24) is 9.97 Å². The van der Waals surface area contributed by atoms with Gasteiger partial charge in [0.25, 0.3) is 0 Å². The smallest absolute Gasteiger partial charge is 0.178 e. The quantitative estimate of drug-likeness (QED) is 0.471. The summed E-state index contributed by atoms with van der Waals surface area (Å²) in [5, 5.41) is 11.7. The predicted octanol–water partition coefficient (Wildman–Crippen LogP) is 5.20. The lowest BCUT2D eigenvalue weighted by Crippen LogP contribution is -2.32. The molecule has 0 aliphatic carbocycles. The summed E-state index contributed by atoms with van der Waals surface area (Å²) < 4.78 is 30.1. The zero-order valence-electron chi connectivity index (χ0n) is 14.3. The van der Waals surface area contributed by atoms with E-state index < -0.39 is 17.2 Å². The molecule has 0 bridgehead atoms. The van der Waals surface area contributed by atoms with Crippen molar-refractivity contribution >= 4 is 27.0 Å². The number of benzene rings is 3. The molecule has 3 nitrogen and oxygen atoms in total. The van der Waals surface area contributed by atoms with Crippen molar-refractivity contribution in [2.24, 2.45) is 0 Å². The molecule has 0 unspecified atom stereocenters. The highest BCUT2D eigenvalue weighted by Crippen LogP contribution is 2.39. The first-order valence-electron chi connectivity index (χ1n) is 8.30. The average molecular weight is 429 g/mol. The number of rotatable bonds is 3. The van der Waals surface area contributed by atoms with E-state index in [-0.39, 0.29) is 17.0 Å². The number of nitrogens with one attached hydrogen (secondary N) is 1.